The Bertz CT molecular complexity index is 825. The second-order valence-corrected chi connectivity index (χ2v) is 9.97. The summed E-state index contributed by atoms with van der Waals surface area (Å²) < 4.78 is 27.6. The third kappa shape index (κ3) is 3.76. The van der Waals surface area contributed by atoms with Crippen LogP contribution in [0.1, 0.15) is 35.0 Å². The third-order valence-electron chi connectivity index (χ3n) is 4.65. The van der Waals surface area contributed by atoms with Crippen molar-refractivity contribution < 1.29 is 8.42 Å². The maximum atomic E-state index is 12.4. The van der Waals surface area contributed by atoms with Gasteiger partial charge in [0.2, 0.25) is 0 Å². The zero-order chi connectivity index (χ0) is 18.2. The van der Waals surface area contributed by atoms with Crippen LogP contribution in [0.5, 0.6) is 0 Å². The Kier molecular flexibility index (Phi) is 5.24. The second kappa shape index (κ2) is 7.11. The van der Waals surface area contributed by atoms with Gasteiger partial charge in [0.15, 0.2) is 0 Å². The first-order chi connectivity index (χ1) is 11.8. The van der Waals surface area contributed by atoms with Crippen LogP contribution in [0, 0.1) is 13.8 Å². The highest BCUT2D eigenvalue weighted by Gasteiger charge is 2.31. The predicted molar refractivity (Wildman–Crippen MR) is 101 cm³/mol. The van der Waals surface area contributed by atoms with Gasteiger partial charge in [0.05, 0.1) is 5.69 Å². The van der Waals surface area contributed by atoms with Crippen LogP contribution in [0.25, 0.3) is 10.6 Å². The van der Waals surface area contributed by atoms with Crippen LogP contribution >= 0.6 is 11.3 Å². The molecule has 0 unspecified atom stereocenters. The van der Waals surface area contributed by atoms with Crippen molar-refractivity contribution in [3.05, 3.63) is 34.6 Å². The molecule has 1 aliphatic rings. The molecule has 0 saturated carbocycles. The van der Waals surface area contributed by atoms with E-state index in [-0.39, 0.29) is 5.92 Å². The van der Waals surface area contributed by atoms with Crippen molar-refractivity contribution in [1.29, 1.82) is 0 Å². The predicted octanol–water partition coefficient (Wildman–Crippen LogP) is 2.81. The third-order valence-corrected chi connectivity index (χ3v) is 7.68. The number of rotatable bonds is 4. The molecule has 3 heterocycles. The Balaban J connectivity index is 1.78. The monoisotopic (exact) mass is 380 g/mol. The maximum absolute atomic E-state index is 12.4. The Morgan fingerprint density at radius 3 is 2.60 bits per heavy atom. The van der Waals surface area contributed by atoms with E-state index in [4.69, 9.17) is 0 Å². The lowest BCUT2D eigenvalue weighted by atomic mass is 9.95. The number of aryl methyl sites for hydroxylation is 2. The first kappa shape index (κ1) is 18.4. The highest BCUT2D eigenvalue weighted by atomic mass is 32.2. The highest BCUT2D eigenvalue weighted by Crippen LogP contribution is 2.30. The van der Waals surface area contributed by atoms with Crippen LogP contribution in [0.2, 0.25) is 0 Å². The number of pyridine rings is 1. The van der Waals surface area contributed by atoms with Gasteiger partial charge in [-0.25, -0.2) is 4.98 Å². The van der Waals surface area contributed by atoms with Gasteiger partial charge >= 0.3 is 0 Å². The van der Waals surface area contributed by atoms with E-state index in [1.54, 1.807) is 29.7 Å². The fourth-order valence-corrected chi connectivity index (χ4v) is 5.09. The van der Waals surface area contributed by atoms with E-state index < -0.39 is 10.2 Å². The van der Waals surface area contributed by atoms with Gasteiger partial charge in [-0.2, -0.15) is 17.0 Å². The molecule has 1 fully saturated rings. The molecule has 8 heteroatoms. The average Bonchev–Trinajstić information content (AvgIpc) is 2.94. The molecule has 1 atom stereocenters. The Labute approximate surface area is 153 Å². The SMILES string of the molecule is Cc1nc(-c2ccc([C@H]3CCCN(S(=O)(=O)N(C)C)C3)nc2)sc1C. The topological polar surface area (TPSA) is 66.4 Å². The maximum Gasteiger partial charge on any atom is 0.281 e. The van der Waals surface area contributed by atoms with E-state index in [2.05, 4.69) is 16.9 Å². The largest absolute Gasteiger partial charge is 0.281 e. The molecular weight excluding hydrogens is 356 g/mol. The van der Waals surface area contributed by atoms with E-state index in [9.17, 15) is 8.42 Å². The van der Waals surface area contributed by atoms with Crippen LogP contribution in [-0.2, 0) is 10.2 Å². The van der Waals surface area contributed by atoms with E-state index >= 15 is 0 Å². The van der Waals surface area contributed by atoms with Crippen molar-refractivity contribution in [2.24, 2.45) is 0 Å². The molecule has 0 N–H and O–H groups in total. The summed E-state index contributed by atoms with van der Waals surface area (Å²) in [6.07, 6.45) is 3.67. The summed E-state index contributed by atoms with van der Waals surface area (Å²) >= 11 is 1.67. The van der Waals surface area contributed by atoms with Crippen LogP contribution in [0.4, 0.5) is 0 Å². The lowest BCUT2D eigenvalue weighted by molar-refractivity contribution is 0.296. The number of nitrogens with zero attached hydrogens (tertiary/aromatic N) is 4. The number of thiazole rings is 1. The van der Waals surface area contributed by atoms with Gasteiger partial charge in [0.25, 0.3) is 10.2 Å². The molecule has 3 rings (SSSR count). The highest BCUT2D eigenvalue weighted by molar-refractivity contribution is 7.86. The summed E-state index contributed by atoms with van der Waals surface area (Å²) in [7, 11) is -0.217. The summed E-state index contributed by atoms with van der Waals surface area (Å²) in [5, 5.41) is 0.981. The van der Waals surface area contributed by atoms with Crippen molar-refractivity contribution >= 4 is 21.5 Å². The van der Waals surface area contributed by atoms with Crippen LogP contribution in [0.3, 0.4) is 0 Å². The molecule has 25 heavy (non-hydrogen) atoms. The van der Waals surface area contributed by atoms with Gasteiger partial charge in [-0.1, -0.05) is 0 Å². The summed E-state index contributed by atoms with van der Waals surface area (Å²) in [5.74, 6) is 0.136. The number of aromatic nitrogens is 2. The minimum absolute atomic E-state index is 0.136. The van der Waals surface area contributed by atoms with Crippen molar-refractivity contribution in [1.82, 2.24) is 18.6 Å². The molecule has 0 bridgehead atoms. The van der Waals surface area contributed by atoms with Gasteiger partial charge < -0.3 is 0 Å². The zero-order valence-corrected chi connectivity index (χ0v) is 16.7. The summed E-state index contributed by atoms with van der Waals surface area (Å²) in [5.41, 5.74) is 3.02. The van der Waals surface area contributed by atoms with Crippen LogP contribution in [-0.4, -0.2) is 54.2 Å². The summed E-state index contributed by atoms with van der Waals surface area (Å²) in [6, 6.07) is 4.05. The van der Waals surface area contributed by atoms with Crippen molar-refractivity contribution in [3.63, 3.8) is 0 Å². The van der Waals surface area contributed by atoms with Crippen molar-refractivity contribution in [2.75, 3.05) is 27.2 Å². The normalized spacial score (nSPS) is 19.5. The lowest BCUT2D eigenvalue weighted by Crippen LogP contribution is -2.45. The molecule has 0 aromatic carbocycles. The van der Waals surface area contributed by atoms with E-state index in [1.807, 2.05) is 25.3 Å². The van der Waals surface area contributed by atoms with E-state index in [1.165, 1.54) is 9.18 Å². The molecular formula is C17H24N4O2S2. The molecule has 136 valence electrons. The fourth-order valence-electron chi connectivity index (χ4n) is 2.99. The number of hydrogen-bond donors (Lipinski definition) is 0. The average molecular weight is 381 g/mol. The molecule has 0 aliphatic carbocycles. The number of hydrogen-bond acceptors (Lipinski definition) is 5. The fraction of sp³-hybridized carbons (Fsp3) is 0.529. The van der Waals surface area contributed by atoms with E-state index in [0.717, 1.165) is 34.8 Å². The van der Waals surface area contributed by atoms with Gasteiger partial charge in [0, 0.05) is 55.4 Å². The molecule has 1 saturated heterocycles. The molecule has 0 radical (unpaired) electrons. The smallest absolute Gasteiger partial charge is 0.260 e. The molecule has 2 aromatic heterocycles. The summed E-state index contributed by atoms with van der Waals surface area (Å²) in [4.78, 5) is 10.4. The molecule has 1 aliphatic heterocycles. The van der Waals surface area contributed by atoms with Crippen molar-refractivity contribution in [2.45, 2.75) is 32.6 Å². The quantitative estimate of drug-likeness (QED) is 0.818. The zero-order valence-electron chi connectivity index (χ0n) is 15.1. The van der Waals surface area contributed by atoms with E-state index in [0.29, 0.717) is 13.1 Å². The minimum Gasteiger partial charge on any atom is -0.260 e. The Morgan fingerprint density at radius 1 is 1.28 bits per heavy atom. The standard InChI is InChI=1S/C17H24N4O2S2/c1-12-13(2)24-17(19-12)14-7-8-16(18-10-14)15-6-5-9-21(11-15)25(22,23)20(3)4/h7-8,10,15H,5-6,9,11H2,1-4H3/t15-/m0/s1. The first-order valence-electron chi connectivity index (χ1n) is 8.37. The van der Waals surface area contributed by atoms with Crippen LogP contribution in [0.15, 0.2) is 18.3 Å². The minimum atomic E-state index is -3.36. The summed E-state index contributed by atoms with van der Waals surface area (Å²) in [6.45, 7) is 5.15. The lowest BCUT2D eigenvalue weighted by Gasteiger charge is -2.33. The van der Waals surface area contributed by atoms with Crippen LogP contribution < -0.4 is 0 Å². The van der Waals surface area contributed by atoms with Gasteiger partial charge in [-0.05, 0) is 38.8 Å². The van der Waals surface area contributed by atoms with Crippen molar-refractivity contribution in [3.8, 4) is 10.6 Å². The van der Waals surface area contributed by atoms with Gasteiger partial charge in [0.1, 0.15) is 5.01 Å². The Hall–Kier alpha value is -1.35. The second-order valence-electron chi connectivity index (χ2n) is 6.62. The molecule has 2 aromatic rings. The Morgan fingerprint density at radius 2 is 2.04 bits per heavy atom. The molecule has 0 amide bonds. The number of piperidine rings is 1. The molecule has 0 spiro atoms. The van der Waals surface area contributed by atoms with Gasteiger partial charge in [-0.3, -0.25) is 4.98 Å². The molecule has 6 nitrogen and oxygen atoms in total. The van der Waals surface area contributed by atoms with Gasteiger partial charge in [-0.15, -0.1) is 11.3 Å². The first-order valence-corrected chi connectivity index (χ1v) is 10.6.